The summed E-state index contributed by atoms with van der Waals surface area (Å²) in [5.74, 6) is 5.07. The van der Waals surface area contributed by atoms with Gasteiger partial charge < -0.3 is 0 Å². The number of nitrogens with two attached hydrogens (primary N) is 1. The number of amides is 1. The van der Waals surface area contributed by atoms with Gasteiger partial charge in [-0.15, -0.1) is 11.3 Å². The minimum absolute atomic E-state index is 0.123. The van der Waals surface area contributed by atoms with E-state index in [0.29, 0.717) is 6.54 Å². The van der Waals surface area contributed by atoms with Gasteiger partial charge in [-0.2, -0.15) is 0 Å². The molecule has 0 atom stereocenters. The zero-order valence-electron chi connectivity index (χ0n) is 10.7. The molecule has 0 saturated heterocycles. The highest BCUT2D eigenvalue weighted by molar-refractivity contribution is 7.09. The van der Waals surface area contributed by atoms with Crippen LogP contribution in [0.4, 0.5) is 0 Å². The van der Waals surface area contributed by atoms with Gasteiger partial charge in [0.2, 0.25) is 5.91 Å². The molecule has 0 aromatic carbocycles. The predicted molar refractivity (Wildman–Crippen MR) is 71.4 cm³/mol. The maximum Gasteiger partial charge on any atom is 0.240 e. The van der Waals surface area contributed by atoms with Gasteiger partial charge in [0, 0.05) is 18.0 Å². The lowest BCUT2D eigenvalue weighted by Gasteiger charge is -2.30. The highest BCUT2D eigenvalue weighted by Crippen LogP contribution is 2.19. The minimum atomic E-state index is -0.470. The standard InChI is InChI=1S/C12H21N3OS/c1-4-15(8-10-6-5-7-17-10)9-12(2,3)11(16)14-13/h5-7H,4,8-9,13H2,1-3H3,(H,14,16). The molecule has 0 aliphatic heterocycles. The van der Waals surface area contributed by atoms with Crippen LogP contribution in [-0.4, -0.2) is 23.9 Å². The number of hydrogen-bond donors (Lipinski definition) is 2. The monoisotopic (exact) mass is 255 g/mol. The molecule has 0 saturated carbocycles. The summed E-state index contributed by atoms with van der Waals surface area (Å²) in [5, 5.41) is 2.07. The molecule has 0 radical (unpaired) electrons. The smallest absolute Gasteiger partial charge is 0.240 e. The van der Waals surface area contributed by atoms with Crippen molar-refractivity contribution in [2.24, 2.45) is 11.3 Å². The van der Waals surface area contributed by atoms with E-state index in [-0.39, 0.29) is 5.91 Å². The molecule has 1 amide bonds. The first-order valence-corrected chi connectivity index (χ1v) is 6.63. The predicted octanol–water partition coefficient (Wildman–Crippen LogP) is 1.59. The van der Waals surface area contributed by atoms with Gasteiger partial charge in [-0.1, -0.05) is 13.0 Å². The van der Waals surface area contributed by atoms with E-state index in [4.69, 9.17) is 5.84 Å². The van der Waals surface area contributed by atoms with Gasteiger partial charge in [0.05, 0.1) is 5.41 Å². The fraction of sp³-hybridized carbons (Fsp3) is 0.583. The van der Waals surface area contributed by atoms with Gasteiger partial charge in [0.15, 0.2) is 0 Å². The van der Waals surface area contributed by atoms with Crippen LogP contribution in [0.15, 0.2) is 17.5 Å². The molecule has 0 spiro atoms. The van der Waals surface area contributed by atoms with Crippen LogP contribution < -0.4 is 11.3 Å². The Bertz CT molecular complexity index is 349. The lowest BCUT2D eigenvalue weighted by Crippen LogP contribution is -2.47. The van der Waals surface area contributed by atoms with Gasteiger partial charge in [0.1, 0.15) is 0 Å². The molecule has 0 unspecified atom stereocenters. The van der Waals surface area contributed by atoms with Crippen LogP contribution in [0.1, 0.15) is 25.6 Å². The summed E-state index contributed by atoms with van der Waals surface area (Å²) in [6.45, 7) is 8.42. The third-order valence-corrected chi connectivity index (χ3v) is 3.63. The van der Waals surface area contributed by atoms with Crippen molar-refractivity contribution in [3.63, 3.8) is 0 Å². The van der Waals surface area contributed by atoms with Crippen molar-refractivity contribution < 1.29 is 4.79 Å². The quantitative estimate of drug-likeness (QED) is 0.461. The Morgan fingerprint density at radius 2 is 2.29 bits per heavy atom. The number of carbonyl (C=O) groups is 1. The molecule has 1 aromatic heterocycles. The number of carbonyl (C=O) groups excluding carboxylic acids is 1. The molecule has 1 aromatic rings. The summed E-state index contributed by atoms with van der Waals surface area (Å²) >= 11 is 1.74. The zero-order chi connectivity index (χ0) is 12.9. The maximum atomic E-state index is 11.6. The van der Waals surface area contributed by atoms with Gasteiger partial charge in [-0.25, -0.2) is 5.84 Å². The molecule has 5 heteroatoms. The molecule has 96 valence electrons. The van der Waals surface area contributed by atoms with Crippen LogP contribution >= 0.6 is 11.3 Å². The van der Waals surface area contributed by atoms with E-state index in [9.17, 15) is 4.79 Å². The maximum absolute atomic E-state index is 11.6. The van der Waals surface area contributed by atoms with E-state index < -0.39 is 5.41 Å². The first-order valence-electron chi connectivity index (χ1n) is 5.75. The molecule has 0 aliphatic rings. The van der Waals surface area contributed by atoms with E-state index in [2.05, 4.69) is 28.7 Å². The average molecular weight is 255 g/mol. The Labute approximate surface area is 107 Å². The molecule has 1 rings (SSSR count). The summed E-state index contributed by atoms with van der Waals surface area (Å²) in [6, 6.07) is 4.16. The fourth-order valence-corrected chi connectivity index (χ4v) is 2.47. The second-order valence-corrected chi connectivity index (χ2v) is 5.77. The van der Waals surface area contributed by atoms with Gasteiger partial charge in [0.25, 0.3) is 0 Å². The lowest BCUT2D eigenvalue weighted by atomic mass is 9.92. The van der Waals surface area contributed by atoms with Crippen molar-refractivity contribution in [1.82, 2.24) is 10.3 Å². The summed E-state index contributed by atoms with van der Waals surface area (Å²) in [6.07, 6.45) is 0. The summed E-state index contributed by atoms with van der Waals surface area (Å²) in [5.41, 5.74) is 1.76. The molecule has 1 heterocycles. The minimum Gasteiger partial charge on any atom is -0.297 e. The first-order chi connectivity index (χ1) is 7.99. The van der Waals surface area contributed by atoms with E-state index >= 15 is 0 Å². The van der Waals surface area contributed by atoms with Crippen LogP contribution in [0.5, 0.6) is 0 Å². The van der Waals surface area contributed by atoms with Crippen molar-refractivity contribution in [3.05, 3.63) is 22.4 Å². The number of nitrogens with one attached hydrogen (secondary N) is 1. The molecule has 0 aliphatic carbocycles. The fourth-order valence-electron chi connectivity index (χ4n) is 1.73. The summed E-state index contributed by atoms with van der Waals surface area (Å²) in [4.78, 5) is 15.2. The van der Waals surface area contributed by atoms with Crippen LogP contribution in [0.2, 0.25) is 0 Å². The second kappa shape index (κ2) is 6.14. The van der Waals surface area contributed by atoms with Crippen LogP contribution in [0.3, 0.4) is 0 Å². The van der Waals surface area contributed by atoms with Gasteiger partial charge in [-0.3, -0.25) is 15.1 Å². The highest BCUT2D eigenvalue weighted by atomic mass is 32.1. The lowest BCUT2D eigenvalue weighted by molar-refractivity contribution is -0.130. The van der Waals surface area contributed by atoms with E-state index in [1.807, 2.05) is 19.9 Å². The third kappa shape index (κ3) is 4.11. The Kier molecular flexibility index (Phi) is 5.11. The van der Waals surface area contributed by atoms with Crippen LogP contribution in [0, 0.1) is 5.41 Å². The molecule has 17 heavy (non-hydrogen) atoms. The SMILES string of the molecule is CCN(Cc1cccs1)CC(C)(C)C(=O)NN. The molecular weight excluding hydrogens is 234 g/mol. The first kappa shape index (κ1) is 14.2. The Hall–Kier alpha value is -0.910. The summed E-state index contributed by atoms with van der Waals surface area (Å²) in [7, 11) is 0. The van der Waals surface area contributed by atoms with Gasteiger partial charge >= 0.3 is 0 Å². The van der Waals surface area contributed by atoms with E-state index in [1.165, 1.54) is 4.88 Å². The van der Waals surface area contributed by atoms with Gasteiger partial charge in [-0.05, 0) is 31.8 Å². The second-order valence-electron chi connectivity index (χ2n) is 4.74. The number of hydrazine groups is 1. The molecule has 3 N–H and O–H groups in total. The zero-order valence-corrected chi connectivity index (χ0v) is 11.5. The van der Waals surface area contributed by atoms with Crippen molar-refractivity contribution in [1.29, 1.82) is 0 Å². The third-order valence-electron chi connectivity index (χ3n) is 2.77. The van der Waals surface area contributed by atoms with E-state index in [1.54, 1.807) is 11.3 Å². The number of thiophene rings is 1. The molecule has 0 bridgehead atoms. The largest absolute Gasteiger partial charge is 0.297 e. The Balaban J connectivity index is 2.60. The van der Waals surface area contributed by atoms with Crippen molar-refractivity contribution >= 4 is 17.2 Å². The molecular formula is C12H21N3OS. The van der Waals surface area contributed by atoms with Crippen LogP contribution in [-0.2, 0) is 11.3 Å². The number of nitrogens with zero attached hydrogens (tertiary/aromatic N) is 1. The molecule has 4 nitrogen and oxygen atoms in total. The Morgan fingerprint density at radius 3 is 2.76 bits per heavy atom. The topological polar surface area (TPSA) is 58.4 Å². The van der Waals surface area contributed by atoms with E-state index in [0.717, 1.165) is 13.1 Å². The summed E-state index contributed by atoms with van der Waals surface area (Å²) < 4.78 is 0. The average Bonchev–Trinajstić information content (AvgIpc) is 2.79. The number of rotatable bonds is 6. The van der Waals surface area contributed by atoms with Crippen molar-refractivity contribution in [3.8, 4) is 0 Å². The highest BCUT2D eigenvalue weighted by Gasteiger charge is 2.29. The normalized spacial score (nSPS) is 11.8. The van der Waals surface area contributed by atoms with Crippen LogP contribution in [0.25, 0.3) is 0 Å². The number of hydrogen-bond acceptors (Lipinski definition) is 4. The molecule has 0 fully saturated rings. The Morgan fingerprint density at radius 1 is 1.59 bits per heavy atom. The van der Waals surface area contributed by atoms with Crippen molar-refractivity contribution in [2.75, 3.05) is 13.1 Å². The van der Waals surface area contributed by atoms with Crippen molar-refractivity contribution in [2.45, 2.75) is 27.3 Å².